The number of pyridine rings is 1. The van der Waals surface area contributed by atoms with E-state index < -0.39 is 0 Å². The number of nitrogens with zero attached hydrogens (tertiary/aromatic N) is 1. The smallest absolute Gasteiger partial charge is 0.244 e. The summed E-state index contributed by atoms with van der Waals surface area (Å²) in [6.45, 7) is 0.513. The van der Waals surface area contributed by atoms with Gasteiger partial charge in [-0.1, -0.05) is 34.1 Å². The van der Waals surface area contributed by atoms with Crippen LogP contribution in [-0.4, -0.2) is 10.9 Å². The summed E-state index contributed by atoms with van der Waals surface area (Å²) in [5.41, 5.74) is 1.82. The minimum Gasteiger partial charge on any atom is -0.348 e. The predicted molar refractivity (Wildman–Crippen MR) is 79.3 cm³/mol. The molecule has 2 rings (SSSR count). The number of benzene rings is 1. The average molecular weight is 317 g/mol. The second-order valence-corrected chi connectivity index (χ2v) is 4.85. The summed E-state index contributed by atoms with van der Waals surface area (Å²) in [7, 11) is 0. The summed E-state index contributed by atoms with van der Waals surface area (Å²) in [6, 6.07) is 13.4. The largest absolute Gasteiger partial charge is 0.348 e. The molecule has 96 valence electrons. The van der Waals surface area contributed by atoms with Gasteiger partial charge in [-0.2, -0.15) is 0 Å². The van der Waals surface area contributed by atoms with Crippen molar-refractivity contribution in [2.45, 2.75) is 6.54 Å². The molecule has 0 aliphatic heterocycles. The third-order valence-corrected chi connectivity index (χ3v) is 3.00. The SMILES string of the molecule is O=C(/C=C\c1ccccn1)NCc1ccc(Br)cc1. The van der Waals surface area contributed by atoms with Gasteiger partial charge in [0.15, 0.2) is 0 Å². The summed E-state index contributed by atoms with van der Waals surface area (Å²) in [5, 5.41) is 2.82. The quantitative estimate of drug-likeness (QED) is 0.880. The van der Waals surface area contributed by atoms with E-state index in [1.165, 1.54) is 6.08 Å². The fourth-order valence-electron chi connectivity index (χ4n) is 1.49. The molecule has 1 amide bonds. The lowest BCUT2D eigenvalue weighted by Crippen LogP contribution is -2.20. The van der Waals surface area contributed by atoms with E-state index in [0.717, 1.165) is 15.7 Å². The Morgan fingerprint density at radius 3 is 2.68 bits per heavy atom. The molecule has 4 heteroatoms. The first-order valence-corrected chi connectivity index (χ1v) is 6.65. The lowest BCUT2D eigenvalue weighted by Gasteiger charge is -2.02. The number of aromatic nitrogens is 1. The summed E-state index contributed by atoms with van der Waals surface area (Å²) >= 11 is 3.37. The summed E-state index contributed by atoms with van der Waals surface area (Å²) in [5.74, 6) is -0.131. The van der Waals surface area contributed by atoms with Crippen LogP contribution in [0.3, 0.4) is 0 Å². The molecule has 0 saturated carbocycles. The molecule has 1 aromatic heterocycles. The molecule has 0 atom stereocenters. The van der Waals surface area contributed by atoms with Gasteiger partial charge < -0.3 is 5.32 Å². The monoisotopic (exact) mass is 316 g/mol. The van der Waals surface area contributed by atoms with Crippen molar-refractivity contribution in [3.05, 3.63) is 70.5 Å². The Hall–Kier alpha value is -1.94. The molecule has 19 heavy (non-hydrogen) atoms. The zero-order valence-corrected chi connectivity index (χ0v) is 11.8. The molecule has 0 aliphatic rings. The van der Waals surface area contributed by atoms with Crippen molar-refractivity contribution in [2.75, 3.05) is 0 Å². The highest BCUT2D eigenvalue weighted by atomic mass is 79.9. The third kappa shape index (κ3) is 4.67. The maximum Gasteiger partial charge on any atom is 0.244 e. The van der Waals surface area contributed by atoms with E-state index in [1.54, 1.807) is 12.3 Å². The van der Waals surface area contributed by atoms with Gasteiger partial charge in [0.25, 0.3) is 0 Å². The second kappa shape index (κ2) is 6.85. The lowest BCUT2D eigenvalue weighted by molar-refractivity contribution is -0.116. The van der Waals surface area contributed by atoms with Crippen molar-refractivity contribution in [3.63, 3.8) is 0 Å². The first-order valence-electron chi connectivity index (χ1n) is 5.85. The number of halogens is 1. The van der Waals surface area contributed by atoms with Crippen LogP contribution >= 0.6 is 15.9 Å². The Labute approximate surface area is 120 Å². The fourth-order valence-corrected chi connectivity index (χ4v) is 1.75. The normalized spacial score (nSPS) is 10.6. The third-order valence-electron chi connectivity index (χ3n) is 2.47. The highest BCUT2D eigenvalue weighted by Gasteiger charge is 1.97. The minimum absolute atomic E-state index is 0.131. The van der Waals surface area contributed by atoms with E-state index in [9.17, 15) is 4.79 Å². The molecule has 0 fully saturated rings. The Bertz CT molecular complexity index is 564. The van der Waals surface area contributed by atoms with Crippen LogP contribution in [0.25, 0.3) is 6.08 Å². The second-order valence-electron chi connectivity index (χ2n) is 3.93. The maximum absolute atomic E-state index is 11.6. The molecule has 0 saturated heterocycles. The molecular formula is C15H13BrN2O. The van der Waals surface area contributed by atoms with Gasteiger partial charge in [0, 0.05) is 23.3 Å². The van der Waals surface area contributed by atoms with E-state index in [-0.39, 0.29) is 5.91 Å². The lowest BCUT2D eigenvalue weighted by atomic mass is 10.2. The zero-order valence-electron chi connectivity index (χ0n) is 10.2. The molecule has 1 N–H and O–H groups in total. The van der Waals surface area contributed by atoms with Gasteiger partial charge >= 0.3 is 0 Å². The molecule has 1 aromatic carbocycles. The van der Waals surface area contributed by atoms with Crippen molar-refractivity contribution in [3.8, 4) is 0 Å². The number of amides is 1. The van der Waals surface area contributed by atoms with Gasteiger partial charge in [0.1, 0.15) is 0 Å². The molecule has 0 unspecified atom stereocenters. The van der Waals surface area contributed by atoms with Crippen LogP contribution in [0.5, 0.6) is 0 Å². The summed E-state index contributed by atoms with van der Waals surface area (Å²) in [4.78, 5) is 15.7. The molecular weight excluding hydrogens is 304 g/mol. The Balaban J connectivity index is 1.85. The number of carbonyl (C=O) groups is 1. The minimum atomic E-state index is -0.131. The standard InChI is InChI=1S/C15H13BrN2O/c16-13-6-4-12(5-7-13)11-18-15(19)9-8-14-3-1-2-10-17-14/h1-10H,11H2,(H,18,19)/b9-8-. The average Bonchev–Trinajstić information content (AvgIpc) is 2.45. The van der Waals surface area contributed by atoms with Gasteiger partial charge in [-0.15, -0.1) is 0 Å². The summed E-state index contributed by atoms with van der Waals surface area (Å²) < 4.78 is 1.03. The molecule has 1 heterocycles. The van der Waals surface area contributed by atoms with Crippen LogP contribution in [0.2, 0.25) is 0 Å². The molecule has 2 aromatic rings. The number of hydrogen-bond donors (Lipinski definition) is 1. The van der Waals surface area contributed by atoms with Crippen LogP contribution in [0.1, 0.15) is 11.3 Å². The van der Waals surface area contributed by atoms with Gasteiger partial charge in [-0.3, -0.25) is 9.78 Å². The molecule has 0 aliphatic carbocycles. The summed E-state index contributed by atoms with van der Waals surface area (Å²) in [6.07, 6.45) is 4.87. The van der Waals surface area contributed by atoms with E-state index in [4.69, 9.17) is 0 Å². The van der Waals surface area contributed by atoms with Gasteiger partial charge in [-0.25, -0.2) is 0 Å². The highest BCUT2D eigenvalue weighted by Crippen LogP contribution is 2.10. The van der Waals surface area contributed by atoms with Crippen LogP contribution in [0.15, 0.2) is 59.2 Å². The number of hydrogen-bond acceptors (Lipinski definition) is 2. The fraction of sp³-hybridized carbons (Fsp3) is 0.0667. The molecule has 0 radical (unpaired) electrons. The number of carbonyl (C=O) groups excluding carboxylic acids is 1. The maximum atomic E-state index is 11.6. The number of rotatable bonds is 4. The van der Waals surface area contributed by atoms with Crippen molar-refractivity contribution < 1.29 is 4.79 Å². The topological polar surface area (TPSA) is 42.0 Å². The van der Waals surface area contributed by atoms with Gasteiger partial charge in [0.2, 0.25) is 5.91 Å². The van der Waals surface area contributed by atoms with E-state index >= 15 is 0 Å². The van der Waals surface area contributed by atoms with E-state index in [1.807, 2.05) is 42.5 Å². The number of nitrogens with one attached hydrogen (secondary N) is 1. The molecule has 0 spiro atoms. The van der Waals surface area contributed by atoms with Crippen molar-refractivity contribution in [1.82, 2.24) is 10.3 Å². The highest BCUT2D eigenvalue weighted by molar-refractivity contribution is 9.10. The Kier molecular flexibility index (Phi) is 4.86. The Morgan fingerprint density at radius 1 is 1.21 bits per heavy atom. The van der Waals surface area contributed by atoms with E-state index in [2.05, 4.69) is 26.2 Å². The van der Waals surface area contributed by atoms with Crippen LogP contribution in [0.4, 0.5) is 0 Å². The van der Waals surface area contributed by atoms with Crippen molar-refractivity contribution >= 4 is 27.9 Å². The van der Waals surface area contributed by atoms with Crippen molar-refractivity contribution in [2.24, 2.45) is 0 Å². The van der Waals surface area contributed by atoms with Gasteiger partial charge in [0.05, 0.1) is 5.69 Å². The first-order chi connectivity index (χ1) is 9.24. The zero-order chi connectivity index (χ0) is 13.5. The van der Waals surface area contributed by atoms with Crippen LogP contribution in [-0.2, 0) is 11.3 Å². The van der Waals surface area contributed by atoms with Crippen molar-refractivity contribution in [1.29, 1.82) is 0 Å². The molecule has 0 bridgehead atoms. The van der Waals surface area contributed by atoms with E-state index in [0.29, 0.717) is 6.54 Å². The predicted octanol–water partition coefficient (Wildman–Crippen LogP) is 3.17. The molecule has 3 nitrogen and oxygen atoms in total. The van der Waals surface area contributed by atoms with Crippen LogP contribution in [0, 0.1) is 0 Å². The first kappa shape index (κ1) is 13.5. The van der Waals surface area contributed by atoms with Gasteiger partial charge in [-0.05, 0) is 35.9 Å². The van der Waals surface area contributed by atoms with Crippen LogP contribution < -0.4 is 5.32 Å². The Morgan fingerprint density at radius 2 is 2.00 bits per heavy atom.